The van der Waals surface area contributed by atoms with Crippen LogP contribution in [0.4, 0.5) is 0 Å². The molecular formula is C15H19N3O2S. The topological polar surface area (TPSA) is 58.4 Å². The van der Waals surface area contributed by atoms with E-state index in [1.165, 1.54) is 16.9 Å². The van der Waals surface area contributed by atoms with Crippen LogP contribution in [0.15, 0.2) is 22.0 Å². The van der Waals surface area contributed by atoms with Crippen molar-refractivity contribution >= 4 is 17.2 Å². The Morgan fingerprint density at radius 1 is 1.57 bits per heavy atom. The normalized spacial score (nSPS) is 19.0. The zero-order valence-corrected chi connectivity index (χ0v) is 13.1. The van der Waals surface area contributed by atoms with E-state index < -0.39 is 0 Å². The van der Waals surface area contributed by atoms with E-state index in [9.17, 15) is 4.79 Å². The highest BCUT2D eigenvalue weighted by atomic mass is 32.1. The first-order chi connectivity index (χ1) is 10.1. The number of aryl methyl sites for hydroxylation is 2. The van der Waals surface area contributed by atoms with Crippen molar-refractivity contribution in [1.82, 2.24) is 15.4 Å². The molecule has 6 heteroatoms. The maximum atomic E-state index is 12.0. The highest BCUT2D eigenvalue weighted by molar-refractivity contribution is 7.12. The van der Waals surface area contributed by atoms with Gasteiger partial charge in [0.2, 0.25) is 0 Å². The molecule has 5 nitrogen and oxygen atoms in total. The van der Waals surface area contributed by atoms with E-state index in [0.29, 0.717) is 0 Å². The van der Waals surface area contributed by atoms with Gasteiger partial charge in [-0.15, -0.1) is 11.3 Å². The Morgan fingerprint density at radius 3 is 3.10 bits per heavy atom. The molecule has 1 aliphatic heterocycles. The number of rotatable bonds is 4. The van der Waals surface area contributed by atoms with Gasteiger partial charge in [0, 0.05) is 31.2 Å². The number of hydrogen-bond donors (Lipinski definition) is 1. The number of nitrogens with zero attached hydrogens (tertiary/aromatic N) is 2. The average Bonchev–Trinajstić information content (AvgIpc) is 3.17. The van der Waals surface area contributed by atoms with Crippen molar-refractivity contribution in [3.8, 4) is 0 Å². The monoisotopic (exact) mass is 305 g/mol. The van der Waals surface area contributed by atoms with Gasteiger partial charge in [-0.25, -0.2) is 0 Å². The smallest absolute Gasteiger partial charge is 0.261 e. The Balaban J connectivity index is 1.55. The van der Waals surface area contributed by atoms with Gasteiger partial charge in [-0.2, -0.15) is 0 Å². The minimum Gasteiger partial charge on any atom is -0.361 e. The molecular weight excluding hydrogens is 286 g/mol. The first-order valence-electron chi connectivity index (χ1n) is 7.12. The fourth-order valence-corrected chi connectivity index (χ4v) is 3.34. The summed E-state index contributed by atoms with van der Waals surface area (Å²) in [4.78, 5) is 15.2. The SMILES string of the molecule is Cc1noc(C)c1CN1CC[C@H](NC(=O)c2cccs2)C1. The van der Waals surface area contributed by atoms with Crippen LogP contribution in [-0.4, -0.2) is 35.1 Å². The van der Waals surface area contributed by atoms with Crippen molar-refractivity contribution in [2.45, 2.75) is 32.9 Å². The lowest BCUT2D eigenvalue weighted by molar-refractivity contribution is 0.0941. The number of nitrogens with one attached hydrogen (secondary N) is 1. The van der Waals surface area contributed by atoms with Crippen molar-refractivity contribution in [2.24, 2.45) is 0 Å². The zero-order valence-electron chi connectivity index (χ0n) is 12.3. The lowest BCUT2D eigenvalue weighted by Gasteiger charge is -2.16. The molecule has 112 valence electrons. The molecule has 0 aromatic carbocycles. The van der Waals surface area contributed by atoms with E-state index in [1.807, 2.05) is 31.4 Å². The van der Waals surface area contributed by atoms with Crippen molar-refractivity contribution in [1.29, 1.82) is 0 Å². The van der Waals surface area contributed by atoms with Crippen molar-refractivity contribution in [2.75, 3.05) is 13.1 Å². The van der Waals surface area contributed by atoms with Gasteiger partial charge in [-0.1, -0.05) is 11.2 Å². The number of carbonyl (C=O) groups excluding carboxylic acids is 1. The average molecular weight is 305 g/mol. The fraction of sp³-hybridized carbons (Fsp3) is 0.467. The van der Waals surface area contributed by atoms with Gasteiger partial charge in [-0.3, -0.25) is 9.69 Å². The van der Waals surface area contributed by atoms with Gasteiger partial charge in [0.1, 0.15) is 5.76 Å². The van der Waals surface area contributed by atoms with Gasteiger partial charge >= 0.3 is 0 Å². The maximum absolute atomic E-state index is 12.0. The molecule has 0 unspecified atom stereocenters. The predicted octanol–water partition coefficient (Wildman–Crippen LogP) is 2.36. The molecule has 2 aromatic rings. The molecule has 0 saturated carbocycles. The molecule has 1 fully saturated rings. The van der Waals surface area contributed by atoms with Crippen molar-refractivity contribution in [3.63, 3.8) is 0 Å². The largest absolute Gasteiger partial charge is 0.361 e. The van der Waals surface area contributed by atoms with Crippen LogP contribution in [-0.2, 0) is 6.54 Å². The highest BCUT2D eigenvalue weighted by Crippen LogP contribution is 2.19. The minimum atomic E-state index is 0.0363. The predicted molar refractivity (Wildman–Crippen MR) is 81.4 cm³/mol. The summed E-state index contributed by atoms with van der Waals surface area (Å²) < 4.78 is 5.20. The first kappa shape index (κ1) is 14.3. The van der Waals surface area contributed by atoms with Gasteiger partial charge in [0.15, 0.2) is 0 Å². The summed E-state index contributed by atoms with van der Waals surface area (Å²) in [5.41, 5.74) is 2.12. The quantitative estimate of drug-likeness (QED) is 0.942. The zero-order chi connectivity index (χ0) is 14.8. The lowest BCUT2D eigenvalue weighted by atomic mass is 10.2. The summed E-state index contributed by atoms with van der Waals surface area (Å²) in [6.45, 7) is 6.62. The van der Waals surface area contributed by atoms with Crippen LogP contribution in [0.5, 0.6) is 0 Å². The maximum Gasteiger partial charge on any atom is 0.261 e. The number of carbonyl (C=O) groups is 1. The number of aromatic nitrogens is 1. The third-order valence-electron chi connectivity index (χ3n) is 3.92. The Kier molecular flexibility index (Phi) is 4.07. The molecule has 1 saturated heterocycles. The molecule has 21 heavy (non-hydrogen) atoms. The van der Waals surface area contributed by atoms with Gasteiger partial charge in [-0.05, 0) is 31.7 Å². The third-order valence-corrected chi connectivity index (χ3v) is 4.78. The van der Waals surface area contributed by atoms with Crippen molar-refractivity contribution < 1.29 is 9.32 Å². The molecule has 1 aliphatic rings. The van der Waals surface area contributed by atoms with E-state index in [-0.39, 0.29) is 11.9 Å². The number of likely N-dealkylation sites (tertiary alicyclic amines) is 1. The van der Waals surface area contributed by atoms with Crippen LogP contribution in [0.25, 0.3) is 0 Å². The van der Waals surface area contributed by atoms with E-state index >= 15 is 0 Å². The van der Waals surface area contributed by atoms with Crippen LogP contribution >= 0.6 is 11.3 Å². The Morgan fingerprint density at radius 2 is 2.43 bits per heavy atom. The summed E-state index contributed by atoms with van der Waals surface area (Å²) in [6.07, 6.45) is 0.987. The molecule has 0 aliphatic carbocycles. The molecule has 2 aromatic heterocycles. The summed E-state index contributed by atoms with van der Waals surface area (Å²) in [5, 5.41) is 9.02. The third kappa shape index (κ3) is 3.16. The first-order valence-corrected chi connectivity index (χ1v) is 8.00. The Labute approximate surface area is 127 Å². The second kappa shape index (κ2) is 5.99. The molecule has 0 radical (unpaired) electrons. The number of amides is 1. The Bertz CT molecular complexity index is 601. The van der Waals surface area contributed by atoms with Crippen LogP contribution in [0.3, 0.4) is 0 Å². The fourth-order valence-electron chi connectivity index (χ4n) is 2.71. The number of thiophene rings is 1. The summed E-state index contributed by atoms with van der Waals surface area (Å²) in [6, 6.07) is 3.98. The van der Waals surface area contributed by atoms with Crippen LogP contribution in [0.2, 0.25) is 0 Å². The molecule has 3 rings (SSSR count). The second-order valence-electron chi connectivity index (χ2n) is 5.47. The van der Waals surface area contributed by atoms with Gasteiger partial charge in [0.25, 0.3) is 5.91 Å². The van der Waals surface area contributed by atoms with Crippen molar-refractivity contribution in [3.05, 3.63) is 39.4 Å². The molecule has 1 atom stereocenters. The van der Waals surface area contributed by atoms with Gasteiger partial charge < -0.3 is 9.84 Å². The minimum absolute atomic E-state index is 0.0363. The summed E-state index contributed by atoms with van der Waals surface area (Å²) in [5.74, 6) is 0.924. The van der Waals surface area contributed by atoms with E-state index in [4.69, 9.17) is 4.52 Å². The molecule has 0 spiro atoms. The lowest BCUT2D eigenvalue weighted by Crippen LogP contribution is -2.36. The second-order valence-corrected chi connectivity index (χ2v) is 6.42. The van der Waals surface area contributed by atoms with Gasteiger partial charge in [0.05, 0.1) is 10.6 Å². The summed E-state index contributed by atoms with van der Waals surface area (Å²) in [7, 11) is 0. The van der Waals surface area contributed by atoms with Crippen LogP contribution in [0, 0.1) is 13.8 Å². The molecule has 1 N–H and O–H groups in total. The summed E-state index contributed by atoms with van der Waals surface area (Å²) >= 11 is 1.48. The van der Waals surface area contributed by atoms with Crippen LogP contribution in [0.1, 0.15) is 33.1 Å². The van der Waals surface area contributed by atoms with Crippen LogP contribution < -0.4 is 5.32 Å². The molecule has 0 bridgehead atoms. The number of hydrogen-bond acceptors (Lipinski definition) is 5. The highest BCUT2D eigenvalue weighted by Gasteiger charge is 2.25. The van der Waals surface area contributed by atoms with E-state index in [2.05, 4.69) is 15.4 Å². The molecule has 1 amide bonds. The molecule has 3 heterocycles. The Hall–Kier alpha value is -1.66. The standard InChI is InChI=1S/C15H19N3O2S/c1-10-13(11(2)20-17-10)9-18-6-5-12(8-18)16-15(19)14-4-3-7-21-14/h3-4,7,12H,5-6,8-9H2,1-2H3,(H,16,19)/t12-/m0/s1. The van der Waals surface area contributed by atoms with E-state index in [0.717, 1.165) is 42.4 Å². The van der Waals surface area contributed by atoms with E-state index in [1.54, 1.807) is 0 Å².